The van der Waals surface area contributed by atoms with Crippen LogP contribution in [0.1, 0.15) is 5.56 Å². The normalized spacial score (nSPS) is 14.0. The molecule has 12 heavy (non-hydrogen) atoms. The van der Waals surface area contributed by atoms with E-state index in [0.29, 0.717) is 0 Å². The molecule has 2 heteroatoms. The molecule has 0 amide bonds. The van der Waals surface area contributed by atoms with Crippen molar-refractivity contribution in [2.24, 2.45) is 0 Å². The predicted octanol–water partition coefficient (Wildman–Crippen LogP) is 1.60. The van der Waals surface area contributed by atoms with Gasteiger partial charge in [0.15, 0.2) is 0 Å². The highest BCUT2D eigenvalue weighted by atomic mass is 16.5. The summed E-state index contributed by atoms with van der Waals surface area (Å²) in [5.74, 6) is 0.942. The van der Waals surface area contributed by atoms with Gasteiger partial charge < -0.3 is 4.74 Å². The van der Waals surface area contributed by atoms with Crippen LogP contribution in [0, 0.1) is 0 Å². The summed E-state index contributed by atoms with van der Waals surface area (Å²) in [7, 11) is 3.77. The summed E-state index contributed by atoms with van der Waals surface area (Å²) < 4.78 is 7.29. The summed E-state index contributed by atoms with van der Waals surface area (Å²) in [6.45, 7) is 0. The fourth-order valence-electron chi connectivity index (χ4n) is 1.53. The predicted molar refractivity (Wildman–Crippen MR) is 48.6 cm³/mol. The Bertz CT molecular complexity index is 342. The van der Waals surface area contributed by atoms with Crippen LogP contribution in [0.4, 0.5) is 5.69 Å². The van der Waals surface area contributed by atoms with Crippen molar-refractivity contribution in [2.75, 3.05) is 14.2 Å². The number of rotatable bonds is 1. The van der Waals surface area contributed by atoms with E-state index in [-0.39, 0.29) is 0 Å². The fraction of sp³-hybridized carbons (Fsp3) is 0.300. The van der Waals surface area contributed by atoms with Crippen molar-refractivity contribution in [3.8, 4) is 5.75 Å². The number of ether oxygens (including phenoxy) is 1. The minimum absolute atomic E-state index is 0.942. The second kappa shape index (κ2) is 2.63. The molecule has 1 aromatic rings. The van der Waals surface area contributed by atoms with E-state index in [9.17, 15) is 0 Å². The molecule has 0 spiro atoms. The van der Waals surface area contributed by atoms with Crippen molar-refractivity contribution >= 4 is 11.9 Å². The first kappa shape index (κ1) is 7.35. The van der Waals surface area contributed by atoms with Gasteiger partial charge in [0, 0.05) is 11.6 Å². The third kappa shape index (κ3) is 0.998. The highest BCUT2D eigenvalue weighted by molar-refractivity contribution is 5.67. The Kier molecular flexibility index (Phi) is 1.61. The number of hydrogen-bond donors (Lipinski definition) is 0. The molecule has 0 saturated carbocycles. The number of hydrogen-bond acceptors (Lipinski definition) is 1. The van der Waals surface area contributed by atoms with E-state index in [0.717, 1.165) is 12.2 Å². The molecule has 0 aliphatic carbocycles. The molecule has 0 aromatic heterocycles. The maximum absolute atomic E-state index is 5.14. The van der Waals surface area contributed by atoms with Gasteiger partial charge in [0.25, 0.3) is 0 Å². The van der Waals surface area contributed by atoms with Gasteiger partial charge in [0.1, 0.15) is 19.0 Å². The minimum Gasteiger partial charge on any atom is -0.497 e. The Labute approximate surface area is 72.1 Å². The van der Waals surface area contributed by atoms with Gasteiger partial charge in [-0.05, 0) is 12.1 Å². The number of nitrogens with zero attached hydrogens (tertiary/aromatic N) is 1. The molecule has 0 saturated heterocycles. The largest absolute Gasteiger partial charge is 0.497 e. The smallest absolute Gasteiger partial charge is 0.208 e. The molecule has 2 nitrogen and oxygen atoms in total. The number of benzene rings is 1. The lowest BCUT2D eigenvalue weighted by Gasteiger charge is -2.00. The maximum Gasteiger partial charge on any atom is 0.208 e. The van der Waals surface area contributed by atoms with E-state index < -0.39 is 0 Å². The third-order valence-corrected chi connectivity index (χ3v) is 2.25. The third-order valence-electron chi connectivity index (χ3n) is 2.25. The summed E-state index contributed by atoms with van der Waals surface area (Å²) in [5.41, 5.74) is 2.63. The van der Waals surface area contributed by atoms with Gasteiger partial charge in [0.2, 0.25) is 5.69 Å². The van der Waals surface area contributed by atoms with Gasteiger partial charge in [-0.15, -0.1) is 0 Å². The van der Waals surface area contributed by atoms with E-state index in [2.05, 4.69) is 30.0 Å². The summed E-state index contributed by atoms with van der Waals surface area (Å²) in [4.78, 5) is 0. The zero-order valence-electron chi connectivity index (χ0n) is 7.37. The molecule has 0 unspecified atom stereocenters. The van der Waals surface area contributed by atoms with Crippen LogP contribution in [-0.4, -0.2) is 24.9 Å². The summed E-state index contributed by atoms with van der Waals surface area (Å²) >= 11 is 0. The highest BCUT2D eigenvalue weighted by Crippen LogP contribution is 2.26. The van der Waals surface area contributed by atoms with Crippen LogP contribution in [0.15, 0.2) is 18.2 Å². The Hall–Kier alpha value is -1.31. The molecule has 0 N–H and O–H groups in total. The van der Waals surface area contributed by atoms with Crippen LogP contribution in [0.2, 0.25) is 0 Å². The Balaban J connectivity index is 2.46. The van der Waals surface area contributed by atoms with Crippen molar-refractivity contribution in [1.82, 2.24) is 0 Å². The molecule has 0 bridgehead atoms. The molecule has 1 aromatic carbocycles. The number of methoxy groups -OCH3 is 1. The molecule has 0 atom stereocenters. The summed E-state index contributed by atoms with van der Waals surface area (Å²) in [5, 5.41) is 0. The zero-order chi connectivity index (χ0) is 8.55. The monoisotopic (exact) mass is 162 g/mol. The standard InChI is InChI=1S/C10H12NO/c1-11-6-5-8-7-9(12-2)3-4-10(8)11/h3-4,6-7H,5H2,1-2H3/q+1. The highest BCUT2D eigenvalue weighted by Gasteiger charge is 2.17. The Morgan fingerprint density at radius 2 is 2.25 bits per heavy atom. The van der Waals surface area contributed by atoms with Gasteiger partial charge in [0.05, 0.1) is 13.5 Å². The van der Waals surface area contributed by atoms with Crippen molar-refractivity contribution in [3.63, 3.8) is 0 Å². The van der Waals surface area contributed by atoms with Crippen molar-refractivity contribution in [2.45, 2.75) is 6.42 Å². The van der Waals surface area contributed by atoms with Gasteiger partial charge >= 0.3 is 0 Å². The van der Waals surface area contributed by atoms with Crippen LogP contribution in [0.5, 0.6) is 5.75 Å². The van der Waals surface area contributed by atoms with Crippen molar-refractivity contribution in [3.05, 3.63) is 23.8 Å². The molecule has 0 radical (unpaired) electrons. The van der Waals surface area contributed by atoms with Crippen LogP contribution in [-0.2, 0) is 6.42 Å². The van der Waals surface area contributed by atoms with Crippen LogP contribution < -0.4 is 4.74 Å². The fourth-order valence-corrected chi connectivity index (χ4v) is 1.53. The first-order valence-electron chi connectivity index (χ1n) is 4.04. The van der Waals surface area contributed by atoms with Gasteiger partial charge in [-0.3, -0.25) is 0 Å². The van der Waals surface area contributed by atoms with Gasteiger partial charge in [-0.25, -0.2) is 4.58 Å². The molecule has 0 fully saturated rings. The van der Waals surface area contributed by atoms with Gasteiger partial charge in [-0.2, -0.15) is 0 Å². The molecule has 1 heterocycles. The topological polar surface area (TPSA) is 12.2 Å². The second-order valence-corrected chi connectivity index (χ2v) is 2.99. The molecular weight excluding hydrogens is 150 g/mol. The molecule has 1 aliphatic rings. The molecule has 62 valence electrons. The first-order valence-corrected chi connectivity index (χ1v) is 4.04. The van der Waals surface area contributed by atoms with Crippen LogP contribution >= 0.6 is 0 Å². The number of fused-ring (bicyclic) bond motifs is 1. The average Bonchev–Trinajstić information content (AvgIpc) is 2.47. The average molecular weight is 162 g/mol. The Morgan fingerprint density at radius 1 is 1.42 bits per heavy atom. The minimum atomic E-state index is 0.942. The van der Waals surface area contributed by atoms with E-state index in [1.54, 1.807) is 7.11 Å². The zero-order valence-corrected chi connectivity index (χ0v) is 7.37. The summed E-state index contributed by atoms with van der Waals surface area (Å²) in [6.07, 6.45) is 3.19. The quantitative estimate of drug-likeness (QED) is 0.571. The molecular formula is C10H12NO+. The first-order chi connectivity index (χ1) is 5.81. The lowest BCUT2D eigenvalue weighted by molar-refractivity contribution is -0.396. The van der Waals surface area contributed by atoms with Crippen molar-refractivity contribution < 1.29 is 9.31 Å². The lowest BCUT2D eigenvalue weighted by Crippen LogP contribution is -1.92. The summed E-state index contributed by atoms with van der Waals surface area (Å²) in [6, 6.07) is 6.18. The van der Waals surface area contributed by atoms with Crippen LogP contribution in [0.3, 0.4) is 0 Å². The van der Waals surface area contributed by atoms with Gasteiger partial charge in [-0.1, -0.05) is 0 Å². The molecule has 1 aliphatic heterocycles. The van der Waals surface area contributed by atoms with Crippen molar-refractivity contribution in [1.29, 1.82) is 0 Å². The van der Waals surface area contributed by atoms with E-state index in [4.69, 9.17) is 4.74 Å². The maximum atomic E-state index is 5.14. The Morgan fingerprint density at radius 3 is 3.00 bits per heavy atom. The van der Waals surface area contributed by atoms with E-state index >= 15 is 0 Å². The second-order valence-electron chi connectivity index (χ2n) is 2.99. The molecule has 2 rings (SSSR count). The van der Waals surface area contributed by atoms with Crippen LogP contribution in [0.25, 0.3) is 0 Å². The lowest BCUT2D eigenvalue weighted by atomic mass is 10.1. The van der Waals surface area contributed by atoms with E-state index in [1.165, 1.54) is 11.3 Å². The SMILES string of the molecule is COc1ccc2c(c1)CC=[N+]2C. The van der Waals surface area contributed by atoms with E-state index in [1.807, 2.05) is 6.07 Å².